The molecule has 1 aliphatic heterocycles. The normalized spacial score (nSPS) is 15.1. The molecule has 0 bridgehead atoms. The van der Waals surface area contributed by atoms with E-state index in [1.165, 1.54) is 11.1 Å². The van der Waals surface area contributed by atoms with Crippen LogP contribution < -0.4 is 4.74 Å². The lowest BCUT2D eigenvalue weighted by Crippen LogP contribution is -2.32. The van der Waals surface area contributed by atoms with Gasteiger partial charge in [0.1, 0.15) is 17.2 Å². The summed E-state index contributed by atoms with van der Waals surface area (Å²) in [7, 11) is 0. The van der Waals surface area contributed by atoms with E-state index in [1.54, 1.807) is 0 Å². The summed E-state index contributed by atoms with van der Waals surface area (Å²) in [6, 6.07) is 20.9. The summed E-state index contributed by atoms with van der Waals surface area (Å²) in [4.78, 5) is 8.35. The maximum Gasteiger partial charge on any atom is 0.142 e. The van der Waals surface area contributed by atoms with Crippen LogP contribution in [0.3, 0.4) is 0 Å². The average molecular weight is 403 g/mol. The van der Waals surface area contributed by atoms with E-state index < -0.39 is 0 Å². The summed E-state index contributed by atoms with van der Waals surface area (Å²) < 4.78 is 6.34. The average Bonchev–Trinajstić information content (AvgIpc) is 3.11. The van der Waals surface area contributed by atoms with E-state index in [0.717, 1.165) is 53.0 Å². The molecule has 0 amide bonds. The molecule has 0 unspecified atom stereocenters. The van der Waals surface area contributed by atoms with Crippen LogP contribution in [0.5, 0.6) is 5.75 Å². The number of benzene rings is 3. The molecule has 2 heterocycles. The van der Waals surface area contributed by atoms with Crippen molar-refractivity contribution in [1.82, 2.24) is 9.97 Å². The van der Waals surface area contributed by atoms with Crippen LogP contribution in [0.1, 0.15) is 37.0 Å². The Morgan fingerprint density at radius 2 is 1.86 bits per heavy atom. The van der Waals surface area contributed by atoms with Crippen molar-refractivity contribution in [2.24, 2.45) is 0 Å². The van der Waals surface area contributed by atoms with Gasteiger partial charge in [0.15, 0.2) is 0 Å². The van der Waals surface area contributed by atoms with Gasteiger partial charge in [-0.3, -0.25) is 0 Å². The Balaban J connectivity index is 1.55. The third-order valence-corrected chi connectivity index (χ3v) is 5.78. The number of nitrogens with one attached hydrogen (secondary N) is 1. The second-order valence-electron chi connectivity index (χ2n) is 8.40. The number of imidazole rings is 1. The zero-order valence-corrected chi connectivity index (χ0v) is 17.4. The van der Waals surface area contributed by atoms with Crippen molar-refractivity contribution in [3.05, 3.63) is 82.4 Å². The molecule has 4 aromatic rings. The van der Waals surface area contributed by atoms with E-state index >= 15 is 0 Å². The van der Waals surface area contributed by atoms with Gasteiger partial charge >= 0.3 is 0 Å². The second kappa shape index (κ2) is 6.93. The number of H-pyrrole nitrogens is 1. The van der Waals surface area contributed by atoms with Crippen molar-refractivity contribution in [2.45, 2.75) is 38.7 Å². The Morgan fingerprint density at radius 1 is 1.03 bits per heavy atom. The fourth-order valence-corrected chi connectivity index (χ4v) is 4.26. The molecule has 0 aliphatic carbocycles. The molecule has 29 heavy (non-hydrogen) atoms. The SMILES string of the molecule is CC1(C)CCc2cc(Cl)cc(-c3nc4cc(Cc5ccccc5)ccc4[nH]3)c2O1. The summed E-state index contributed by atoms with van der Waals surface area (Å²) in [5.74, 6) is 1.70. The number of aryl methyl sites for hydroxylation is 1. The van der Waals surface area contributed by atoms with Crippen LogP contribution in [0.4, 0.5) is 0 Å². The van der Waals surface area contributed by atoms with Gasteiger partial charge in [-0.25, -0.2) is 4.98 Å². The molecule has 3 nitrogen and oxygen atoms in total. The Hall–Kier alpha value is -2.78. The maximum absolute atomic E-state index is 6.42. The number of hydrogen-bond acceptors (Lipinski definition) is 2. The first-order valence-electron chi connectivity index (χ1n) is 10.0. The van der Waals surface area contributed by atoms with Gasteiger partial charge in [0.05, 0.1) is 16.6 Å². The van der Waals surface area contributed by atoms with Gasteiger partial charge in [0.2, 0.25) is 0 Å². The third kappa shape index (κ3) is 3.63. The van der Waals surface area contributed by atoms with E-state index in [9.17, 15) is 0 Å². The topological polar surface area (TPSA) is 37.9 Å². The predicted molar refractivity (Wildman–Crippen MR) is 119 cm³/mol. The number of nitrogens with zero attached hydrogens (tertiary/aromatic N) is 1. The number of aromatic amines is 1. The summed E-state index contributed by atoms with van der Waals surface area (Å²) >= 11 is 6.42. The van der Waals surface area contributed by atoms with Crippen LogP contribution >= 0.6 is 11.6 Å². The number of aromatic nitrogens is 2. The minimum absolute atomic E-state index is 0.190. The molecule has 0 spiro atoms. The number of hydrogen-bond donors (Lipinski definition) is 1. The molecule has 0 fully saturated rings. The molecule has 4 heteroatoms. The number of ether oxygens (including phenoxy) is 1. The quantitative estimate of drug-likeness (QED) is 0.420. The van der Waals surface area contributed by atoms with E-state index in [1.807, 2.05) is 18.2 Å². The highest BCUT2D eigenvalue weighted by atomic mass is 35.5. The largest absolute Gasteiger partial charge is 0.487 e. The standard InChI is InChI=1S/C25H23ClN2O/c1-25(2)11-10-18-14-19(26)15-20(23(18)29-25)24-27-21-9-8-17(13-22(21)28-24)12-16-6-4-3-5-7-16/h3-9,13-15H,10-12H2,1-2H3,(H,27,28). The van der Waals surface area contributed by atoms with Gasteiger partial charge in [-0.1, -0.05) is 48.0 Å². The minimum Gasteiger partial charge on any atom is -0.487 e. The van der Waals surface area contributed by atoms with E-state index in [-0.39, 0.29) is 5.60 Å². The smallest absolute Gasteiger partial charge is 0.142 e. The lowest BCUT2D eigenvalue weighted by Gasteiger charge is -2.33. The van der Waals surface area contributed by atoms with Crippen LogP contribution in [0.15, 0.2) is 60.7 Å². The second-order valence-corrected chi connectivity index (χ2v) is 8.84. The summed E-state index contributed by atoms with van der Waals surface area (Å²) in [5.41, 5.74) is 6.40. The fraction of sp³-hybridized carbons (Fsp3) is 0.240. The highest BCUT2D eigenvalue weighted by Crippen LogP contribution is 2.42. The lowest BCUT2D eigenvalue weighted by atomic mass is 9.92. The molecule has 5 rings (SSSR count). The summed E-state index contributed by atoms with van der Waals surface area (Å²) in [6.45, 7) is 4.26. The molecule has 1 aliphatic rings. The first-order valence-corrected chi connectivity index (χ1v) is 10.4. The van der Waals surface area contributed by atoms with Crippen molar-refractivity contribution in [3.8, 4) is 17.1 Å². The van der Waals surface area contributed by atoms with Crippen LogP contribution in [0.25, 0.3) is 22.4 Å². The van der Waals surface area contributed by atoms with Crippen LogP contribution in [-0.2, 0) is 12.8 Å². The van der Waals surface area contributed by atoms with Crippen LogP contribution in [0.2, 0.25) is 5.02 Å². The van der Waals surface area contributed by atoms with Gasteiger partial charge in [-0.05, 0) is 74.1 Å². The summed E-state index contributed by atoms with van der Waals surface area (Å²) in [6.07, 6.45) is 2.82. The van der Waals surface area contributed by atoms with Gasteiger partial charge in [-0.2, -0.15) is 0 Å². The predicted octanol–water partition coefficient (Wildman–Crippen LogP) is 6.58. The van der Waals surface area contributed by atoms with Crippen LogP contribution in [0, 0.1) is 0 Å². The number of fused-ring (bicyclic) bond motifs is 2. The molecule has 1 aromatic heterocycles. The summed E-state index contributed by atoms with van der Waals surface area (Å²) in [5, 5.41) is 0.715. The monoisotopic (exact) mass is 402 g/mol. The Labute approximate surface area is 175 Å². The zero-order valence-electron chi connectivity index (χ0n) is 16.6. The van der Waals surface area contributed by atoms with E-state index in [4.69, 9.17) is 21.3 Å². The first kappa shape index (κ1) is 18.3. The van der Waals surface area contributed by atoms with Gasteiger partial charge < -0.3 is 9.72 Å². The molecular formula is C25H23ClN2O. The minimum atomic E-state index is -0.190. The molecule has 0 saturated heterocycles. The molecule has 0 atom stereocenters. The maximum atomic E-state index is 6.42. The van der Waals surface area contributed by atoms with E-state index in [0.29, 0.717) is 5.02 Å². The Morgan fingerprint density at radius 3 is 2.69 bits per heavy atom. The Bertz CT molecular complexity index is 1190. The first-order chi connectivity index (χ1) is 14.0. The van der Waals surface area contributed by atoms with Gasteiger partial charge in [0.25, 0.3) is 0 Å². The fourth-order valence-electron chi connectivity index (χ4n) is 4.02. The van der Waals surface area contributed by atoms with Gasteiger partial charge in [0, 0.05) is 5.02 Å². The third-order valence-electron chi connectivity index (χ3n) is 5.56. The molecular weight excluding hydrogens is 380 g/mol. The molecule has 0 saturated carbocycles. The number of rotatable bonds is 3. The molecule has 0 radical (unpaired) electrons. The Kier molecular flexibility index (Phi) is 4.36. The highest BCUT2D eigenvalue weighted by molar-refractivity contribution is 6.31. The highest BCUT2D eigenvalue weighted by Gasteiger charge is 2.29. The van der Waals surface area contributed by atoms with Crippen molar-refractivity contribution in [2.75, 3.05) is 0 Å². The molecule has 1 N–H and O–H groups in total. The zero-order chi connectivity index (χ0) is 20.0. The van der Waals surface area contributed by atoms with Crippen LogP contribution in [-0.4, -0.2) is 15.6 Å². The lowest BCUT2D eigenvalue weighted by molar-refractivity contribution is 0.0854. The molecule has 3 aromatic carbocycles. The number of halogens is 1. The van der Waals surface area contributed by atoms with E-state index in [2.05, 4.69) is 61.3 Å². The van der Waals surface area contributed by atoms with Crippen molar-refractivity contribution in [1.29, 1.82) is 0 Å². The molecule has 146 valence electrons. The van der Waals surface area contributed by atoms with Crippen molar-refractivity contribution >= 4 is 22.6 Å². The van der Waals surface area contributed by atoms with Crippen molar-refractivity contribution in [3.63, 3.8) is 0 Å². The van der Waals surface area contributed by atoms with Crippen molar-refractivity contribution < 1.29 is 4.74 Å². The van der Waals surface area contributed by atoms with Gasteiger partial charge in [-0.15, -0.1) is 0 Å².